The molecule has 0 unspecified atom stereocenters. The molecule has 176 valence electrons. The minimum absolute atomic E-state index is 0.170. The van der Waals surface area contributed by atoms with Gasteiger partial charge in [-0.05, 0) is 70.1 Å². The molecule has 1 amide bonds. The van der Waals surface area contributed by atoms with Crippen LogP contribution in [0.5, 0.6) is 0 Å². The Morgan fingerprint density at radius 1 is 1.19 bits per heavy atom. The summed E-state index contributed by atoms with van der Waals surface area (Å²) in [5.74, 6) is 0.631. The molecule has 3 rings (SSSR count). The van der Waals surface area contributed by atoms with Crippen LogP contribution in [-0.4, -0.2) is 59.0 Å². The topological polar surface area (TPSA) is 73.7 Å². The first-order valence-corrected chi connectivity index (χ1v) is 11.7. The van der Waals surface area contributed by atoms with Crippen molar-refractivity contribution in [3.05, 3.63) is 29.5 Å². The molecule has 7 nitrogen and oxygen atoms in total. The van der Waals surface area contributed by atoms with Gasteiger partial charge in [0.15, 0.2) is 5.78 Å². The molecule has 0 aliphatic carbocycles. The van der Waals surface area contributed by atoms with Crippen LogP contribution < -0.4 is 0 Å². The molecule has 1 saturated heterocycles. The van der Waals surface area contributed by atoms with Gasteiger partial charge in [-0.2, -0.15) is 5.10 Å². The van der Waals surface area contributed by atoms with Crippen LogP contribution >= 0.6 is 0 Å². The van der Waals surface area contributed by atoms with Crippen LogP contribution in [-0.2, 0) is 22.4 Å². The molecular weight excluding hydrogens is 406 g/mol. The number of likely N-dealkylation sites (tertiary alicyclic amines) is 1. The molecular formula is C25H37N3O4. The second kappa shape index (κ2) is 10.5. The summed E-state index contributed by atoms with van der Waals surface area (Å²) in [7, 11) is 1.66. The Hall–Kier alpha value is -2.41. The summed E-state index contributed by atoms with van der Waals surface area (Å²) >= 11 is 0. The van der Waals surface area contributed by atoms with E-state index in [2.05, 4.69) is 13.1 Å². The van der Waals surface area contributed by atoms with Crippen molar-refractivity contribution in [1.82, 2.24) is 14.7 Å². The fourth-order valence-corrected chi connectivity index (χ4v) is 4.34. The van der Waals surface area contributed by atoms with Gasteiger partial charge in [-0.1, -0.05) is 6.92 Å². The van der Waals surface area contributed by atoms with E-state index in [0.29, 0.717) is 32.0 Å². The van der Waals surface area contributed by atoms with E-state index in [9.17, 15) is 9.59 Å². The summed E-state index contributed by atoms with van der Waals surface area (Å²) < 4.78 is 12.6. The van der Waals surface area contributed by atoms with E-state index in [4.69, 9.17) is 14.6 Å². The first-order chi connectivity index (χ1) is 15.2. The van der Waals surface area contributed by atoms with Gasteiger partial charge in [-0.15, -0.1) is 0 Å². The summed E-state index contributed by atoms with van der Waals surface area (Å²) in [6, 6.07) is 3.88. The highest BCUT2D eigenvalue weighted by Crippen LogP contribution is 2.26. The van der Waals surface area contributed by atoms with E-state index in [1.807, 2.05) is 37.6 Å². The third-order valence-corrected chi connectivity index (χ3v) is 5.97. The number of aryl methyl sites for hydroxylation is 1. The Morgan fingerprint density at radius 2 is 1.91 bits per heavy atom. The molecule has 0 bridgehead atoms. The molecule has 1 aromatic heterocycles. The van der Waals surface area contributed by atoms with Gasteiger partial charge in [0, 0.05) is 56.9 Å². The van der Waals surface area contributed by atoms with Crippen LogP contribution in [0.4, 0.5) is 4.79 Å². The Morgan fingerprint density at radius 3 is 2.53 bits per heavy atom. The lowest BCUT2D eigenvalue weighted by atomic mass is 9.96. The maximum Gasteiger partial charge on any atom is 0.410 e. The van der Waals surface area contributed by atoms with Gasteiger partial charge in [0.05, 0.1) is 5.52 Å². The SMILES string of the molecule is CCc1c(C(=O)CCCOC)ccc2nn(CC3CCN(C(=O)OC(C)(C)C)CC3)cc12. The highest BCUT2D eigenvalue weighted by Gasteiger charge is 2.27. The quantitative estimate of drug-likeness (QED) is 0.430. The monoisotopic (exact) mass is 443 g/mol. The number of rotatable bonds is 8. The van der Waals surface area contributed by atoms with Gasteiger partial charge < -0.3 is 14.4 Å². The molecule has 32 heavy (non-hydrogen) atoms. The zero-order chi connectivity index (χ0) is 23.3. The Bertz CT molecular complexity index is 937. The number of carbonyl (C=O) groups excluding carboxylic acids is 2. The normalized spacial score (nSPS) is 15.3. The van der Waals surface area contributed by atoms with E-state index in [1.165, 1.54) is 0 Å². The van der Waals surface area contributed by atoms with Crippen LogP contribution in [0.15, 0.2) is 18.3 Å². The predicted molar refractivity (Wildman–Crippen MR) is 125 cm³/mol. The van der Waals surface area contributed by atoms with Crippen molar-refractivity contribution in [2.24, 2.45) is 5.92 Å². The number of benzene rings is 1. The number of fused-ring (bicyclic) bond motifs is 1. The highest BCUT2D eigenvalue weighted by molar-refractivity contribution is 6.02. The molecule has 1 aliphatic rings. The van der Waals surface area contributed by atoms with E-state index in [-0.39, 0.29) is 11.9 Å². The third kappa shape index (κ3) is 6.09. The van der Waals surface area contributed by atoms with Gasteiger partial charge in [0.25, 0.3) is 0 Å². The summed E-state index contributed by atoms with van der Waals surface area (Å²) in [4.78, 5) is 26.8. The Balaban J connectivity index is 1.65. The molecule has 1 aliphatic heterocycles. The van der Waals surface area contributed by atoms with Crippen LogP contribution in [0.1, 0.15) is 69.3 Å². The van der Waals surface area contributed by atoms with Gasteiger partial charge in [-0.25, -0.2) is 4.79 Å². The maximum atomic E-state index is 12.7. The molecule has 1 fully saturated rings. The number of ketones is 1. The standard InChI is InChI=1S/C25H37N3O4/c1-6-19-20(23(29)8-7-15-31-5)9-10-22-21(19)17-28(26-22)16-18-11-13-27(14-12-18)24(30)32-25(2,3)4/h9-10,17-18H,6-8,11-16H2,1-5H3. The number of carbonyl (C=O) groups is 2. The molecule has 7 heteroatoms. The average Bonchev–Trinajstić information content (AvgIpc) is 3.14. The van der Waals surface area contributed by atoms with Crippen LogP contribution in [0, 0.1) is 5.92 Å². The van der Waals surface area contributed by atoms with E-state index < -0.39 is 5.60 Å². The summed E-state index contributed by atoms with van der Waals surface area (Å²) in [6.07, 6.45) is 5.74. The first kappa shape index (κ1) is 24.2. The van der Waals surface area contributed by atoms with Gasteiger partial charge in [0.2, 0.25) is 0 Å². The summed E-state index contributed by atoms with van der Waals surface area (Å²) in [5, 5.41) is 5.84. The van der Waals surface area contributed by atoms with Crippen molar-refractivity contribution in [2.45, 2.75) is 71.9 Å². The van der Waals surface area contributed by atoms with E-state index in [1.54, 1.807) is 12.0 Å². The molecule has 0 N–H and O–H groups in total. The number of piperidine rings is 1. The first-order valence-electron chi connectivity index (χ1n) is 11.7. The van der Waals surface area contributed by atoms with Crippen molar-refractivity contribution < 1.29 is 19.1 Å². The van der Waals surface area contributed by atoms with Gasteiger partial charge in [-0.3, -0.25) is 9.48 Å². The lowest BCUT2D eigenvalue weighted by molar-refractivity contribution is 0.0177. The number of methoxy groups -OCH3 is 1. The van der Waals surface area contributed by atoms with Crippen molar-refractivity contribution in [1.29, 1.82) is 0 Å². The predicted octanol–water partition coefficient (Wildman–Crippen LogP) is 4.86. The number of ether oxygens (including phenoxy) is 2. The Labute approximate surface area is 191 Å². The van der Waals surface area contributed by atoms with Gasteiger partial charge in [0.1, 0.15) is 5.60 Å². The smallest absolute Gasteiger partial charge is 0.410 e. The number of hydrogen-bond donors (Lipinski definition) is 0. The second-order valence-electron chi connectivity index (χ2n) is 9.66. The number of hydrogen-bond acceptors (Lipinski definition) is 5. The van der Waals surface area contributed by atoms with E-state index in [0.717, 1.165) is 54.3 Å². The molecule has 0 atom stereocenters. The fraction of sp³-hybridized carbons (Fsp3) is 0.640. The van der Waals surface area contributed by atoms with E-state index >= 15 is 0 Å². The van der Waals surface area contributed by atoms with Crippen molar-refractivity contribution in [3.8, 4) is 0 Å². The zero-order valence-corrected chi connectivity index (χ0v) is 20.1. The number of amides is 1. The summed E-state index contributed by atoms with van der Waals surface area (Å²) in [5.41, 5.74) is 2.35. The molecule has 1 aromatic carbocycles. The number of aromatic nitrogens is 2. The lowest BCUT2D eigenvalue weighted by Gasteiger charge is -2.33. The molecule has 0 saturated carbocycles. The zero-order valence-electron chi connectivity index (χ0n) is 20.1. The average molecular weight is 444 g/mol. The fourth-order valence-electron chi connectivity index (χ4n) is 4.34. The number of nitrogens with zero attached hydrogens (tertiary/aromatic N) is 3. The second-order valence-corrected chi connectivity index (χ2v) is 9.66. The van der Waals surface area contributed by atoms with Crippen molar-refractivity contribution >= 4 is 22.8 Å². The maximum absolute atomic E-state index is 12.7. The molecule has 2 heterocycles. The Kier molecular flexibility index (Phi) is 7.93. The van der Waals surface area contributed by atoms with Crippen LogP contribution in [0.25, 0.3) is 10.9 Å². The largest absolute Gasteiger partial charge is 0.444 e. The van der Waals surface area contributed by atoms with Crippen LogP contribution in [0.2, 0.25) is 0 Å². The van der Waals surface area contributed by atoms with Crippen molar-refractivity contribution in [2.75, 3.05) is 26.8 Å². The third-order valence-electron chi connectivity index (χ3n) is 5.97. The minimum Gasteiger partial charge on any atom is -0.444 e. The summed E-state index contributed by atoms with van der Waals surface area (Å²) in [6.45, 7) is 10.6. The van der Waals surface area contributed by atoms with Crippen molar-refractivity contribution in [3.63, 3.8) is 0 Å². The molecule has 2 aromatic rings. The number of Topliss-reactive ketones (excluding diaryl/α,β-unsaturated/α-hetero) is 1. The highest BCUT2D eigenvalue weighted by atomic mass is 16.6. The molecule has 0 spiro atoms. The lowest BCUT2D eigenvalue weighted by Crippen LogP contribution is -2.42. The molecule has 0 radical (unpaired) electrons. The van der Waals surface area contributed by atoms with Crippen LogP contribution in [0.3, 0.4) is 0 Å². The minimum atomic E-state index is -0.468. The van der Waals surface area contributed by atoms with Gasteiger partial charge >= 0.3 is 6.09 Å².